The van der Waals surface area contributed by atoms with Gasteiger partial charge in [-0.05, 0) is 71.1 Å². The number of carbonyl (C=O) groups excluding carboxylic acids is 3. The van der Waals surface area contributed by atoms with Crippen molar-refractivity contribution >= 4 is 51.6 Å². The van der Waals surface area contributed by atoms with E-state index in [9.17, 15) is 14.4 Å². The number of ether oxygens (including phenoxy) is 1. The van der Waals surface area contributed by atoms with E-state index in [2.05, 4.69) is 49.1 Å². The van der Waals surface area contributed by atoms with E-state index in [-0.39, 0.29) is 36.0 Å². The molecule has 3 heterocycles. The van der Waals surface area contributed by atoms with E-state index in [1.54, 1.807) is 6.08 Å². The molecule has 4 unspecified atom stereocenters. The van der Waals surface area contributed by atoms with Crippen molar-refractivity contribution in [3.05, 3.63) is 64.4 Å². The molecule has 9 nitrogen and oxygen atoms in total. The minimum absolute atomic E-state index is 0.0274. The van der Waals surface area contributed by atoms with Gasteiger partial charge in [-0.2, -0.15) is 11.8 Å². The van der Waals surface area contributed by atoms with Crippen LogP contribution in [0.15, 0.2) is 53.1 Å². The number of nitrogens with zero attached hydrogens (tertiary/aromatic N) is 1. The molecule has 2 fully saturated rings. The minimum atomic E-state index is -0.174. The Morgan fingerprint density at radius 1 is 1.20 bits per heavy atom. The van der Waals surface area contributed by atoms with Gasteiger partial charge < -0.3 is 26.0 Å². The molecule has 0 bridgehead atoms. The van der Waals surface area contributed by atoms with E-state index in [1.807, 2.05) is 54.2 Å². The maximum Gasteiger partial charge on any atom is 0.315 e. The van der Waals surface area contributed by atoms with Crippen molar-refractivity contribution in [2.24, 2.45) is 0 Å². The number of carbonyl (C=O) groups is 3. The molecule has 2 saturated heterocycles. The van der Waals surface area contributed by atoms with Crippen molar-refractivity contribution in [2.75, 3.05) is 18.9 Å². The van der Waals surface area contributed by atoms with E-state index >= 15 is 0 Å². The largest absolute Gasteiger partial charge is 0.492 e. The highest BCUT2D eigenvalue weighted by Gasteiger charge is 2.42. The fraction of sp³-hybridized carbons (Fsp3) is 0.467. The number of amides is 4. The first kappa shape index (κ1) is 30.9. The second-order valence-electron chi connectivity index (χ2n) is 10.2. The third-order valence-electron chi connectivity index (χ3n) is 7.09. The summed E-state index contributed by atoms with van der Waals surface area (Å²) in [5.74, 6) is 1.52. The van der Waals surface area contributed by atoms with E-state index in [4.69, 9.17) is 4.74 Å². The summed E-state index contributed by atoms with van der Waals surface area (Å²) < 4.78 is 6.52. The summed E-state index contributed by atoms with van der Waals surface area (Å²) >= 11 is 5.24. The Bertz CT molecular complexity index is 1210. The van der Waals surface area contributed by atoms with Gasteiger partial charge in [-0.15, -0.1) is 0 Å². The van der Waals surface area contributed by atoms with Gasteiger partial charge in [0.1, 0.15) is 17.0 Å². The number of aromatic nitrogens is 1. The van der Waals surface area contributed by atoms with Crippen LogP contribution in [0.5, 0.6) is 5.75 Å². The van der Waals surface area contributed by atoms with E-state index in [0.29, 0.717) is 36.3 Å². The van der Waals surface area contributed by atoms with Crippen LogP contribution >= 0.6 is 27.7 Å². The van der Waals surface area contributed by atoms with Crippen LogP contribution in [-0.4, -0.2) is 59.1 Å². The van der Waals surface area contributed by atoms with Crippen LogP contribution in [0.25, 0.3) is 6.08 Å². The highest BCUT2D eigenvalue weighted by atomic mass is 79.9. The lowest BCUT2D eigenvalue weighted by atomic mass is 10.0. The first-order valence-electron chi connectivity index (χ1n) is 14.2. The molecule has 1 aromatic heterocycles. The Hall–Kier alpha value is -3.05. The quantitative estimate of drug-likeness (QED) is 0.0963. The van der Waals surface area contributed by atoms with Crippen LogP contribution in [0.3, 0.4) is 0 Å². The van der Waals surface area contributed by atoms with Gasteiger partial charge in [0.2, 0.25) is 11.8 Å². The van der Waals surface area contributed by atoms with Crippen molar-refractivity contribution in [3.63, 3.8) is 0 Å². The molecule has 4 atom stereocenters. The van der Waals surface area contributed by atoms with Gasteiger partial charge in [0.15, 0.2) is 0 Å². The van der Waals surface area contributed by atoms with Gasteiger partial charge >= 0.3 is 6.03 Å². The van der Waals surface area contributed by atoms with E-state index in [0.717, 1.165) is 48.0 Å². The summed E-state index contributed by atoms with van der Waals surface area (Å²) in [7, 11) is 0. The smallest absolute Gasteiger partial charge is 0.315 e. The summed E-state index contributed by atoms with van der Waals surface area (Å²) in [6, 6.07) is 13.5. The number of hydrogen-bond donors (Lipinski definition) is 4. The SMILES string of the molecule is CCCC(NC(=O)C=Cc1cccc(Br)n1)c1ccc(OCCNC(=O)CCCCC2SCC3NC(=O)NC32)cc1. The fourth-order valence-corrected chi connectivity index (χ4v) is 6.93. The number of unbranched alkanes of at least 4 members (excludes halogenated alkanes) is 1. The second-order valence-corrected chi connectivity index (χ2v) is 12.3. The molecule has 1 aromatic carbocycles. The molecular weight excluding hydrogens is 606 g/mol. The van der Waals surface area contributed by atoms with Crippen molar-refractivity contribution in [1.82, 2.24) is 26.3 Å². The van der Waals surface area contributed by atoms with Crippen LogP contribution in [-0.2, 0) is 9.59 Å². The molecule has 4 N–H and O–H groups in total. The lowest BCUT2D eigenvalue weighted by Gasteiger charge is -2.18. The molecule has 4 amide bonds. The van der Waals surface area contributed by atoms with Gasteiger partial charge in [0, 0.05) is 23.5 Å². The molecule has 2 aromatic rings. The molecule has 4 rings (SSSR count). The van der Waals surface area contributed by atoms with Crippen molar-refractivity contribution < 1.29 is 19.1 Å². The van der Waals surface area contributed by atoms with E-state index in [1.165, 1.54) is 6.08 Å². The van der Waals surface area contributed by atoms with Crippen LogP contribution in [0.2, 0.25) is 0 Å². The molecule has 2 aliphatic rings. The number of urea groups is 1. The van der Waals surface area contributed by atoms with E-state index < -0.39 is 0 Å². The number of fused-ring (bicyclic) bond motifs is 1. The van der Waals surface area contributed by atoms with Gasteiger partial charge in [0.05, 0.1) is 30.4 Å². The predicted octanol–water partition coefficient (Wildman–Crippen LogP) is 4.74. The summed E-state index contributed by atoms with van der Waals surface area (Å²) in [4.78, 5) is 40.5. The summed E-state index contributed by atoms with van der Waals surface area (Å²) in [5.41, 5.74) is 1.71. The third kappa shape index (κ3) is 9.78. The number of halogens is 1. The van der Waals surface area contributed by atoms with Gasteiger partial charge in [-0.25, -0.2) is 9.78 Å². The number of rotatable bonds is 15. The van der Waals surface area contributed by atoms with Gasteiger partial charge in [0.25, 0.3) is 0 Å². The number of hydrogen-bond acceptors (Lipinski definition) is 6. The molecular formula is C30H38BrN5O4S. The standard InChI is InChI=1S/C30H38BrN5O4S/c1-2-6-23(34-28(38)16-13-21-7-5-9-26(31)33-21)20-11-14-22(15-12-20)40-18-17-32-27(37)10-4-3-8-25-29-24(19-41-25)35-30(39)36-29/h5,7,9,11-16,23-25,29H,2-4,6,8,10,17-19H2,1H3,(H,32,37)(H,34,38)(H2,35,36,39). The molecule has 0 spiro atoms. The maximum atomic E-state index is 12.5. The monoisotopic (exact) mass is 643 g/mol. The van der Waals surface area contributed by atoms with Crippen LogP contribution < -0.4 is 26.0 Å². The molecule has 2 aliphatic heterocycles. The topological polar surface area (TPSA) is 121 Å². The Balaban J connectivity index is 1.11. The fourth-order valence-electron chi connectivity index (χ4n) is 5.03. The summed E-state index contributed by atoms with van der Waals surface area (Å²) in [6.45, 7) is 2.90. The maximum absolute atomic E-state index is 12.5. The Kier molecular flexibility index (Phi) is 11.9. The van der Waals surface area contributed by atoms with Gasteiger partial charge in [-0.1, -0.05) is 38.0 Å². The van der Waals surface area contributed by atoms with Gasteiger partial charge in [-0.3, -0.25) is 9.59 Å². The summed E-state index contributed by atoms with van der Waals surface area (Å²) in [5, 5.41) is 12.4. The zero-order valence-electron chi connectivity index (χ0n) is 23.2. The first-order chi connectivity index (χ1) is 19.9. The van der Waals surface area contributed by atoms with Crippen molar-refractivity contribution in [3.8, 4) is 5.75 Å². The minimum Gasteiger partial charge on any atom is -0.492 e. The predicted molar refractivity (Wildman–Crippen MR) is 166 cm³/mol. The number of nitrogens with one attached hydrogen (secondary N) is 4. The van der Waals surface area contributed by atoms with Crippen LogP contribution in [0.4, 0.5) is 4.79 Å². The van der Waals surface area contributed by atoms with Crippen LogP contribution in [0, 0.1) is 0 Å². The highest BCUT2D eigenvalue weighted by molar-refractivity contribution is 9.10. The number of pyridine rings is 1. The third-order valence-corrected chi connectivity index (χ3v) is 9.04. The molecule has 0 radical (unpaired) electrons. The van der Waals surface area contributed by atoms with Crippen LogP contribution in [0.1, 0.15) is 62.7 Å². The molecule has 0 saturated carbocycles. The number of benzene rings is 1. The van der Waals surface area contributed by atoms with Crippen molar-refractivity contribution in [2.45, 2.75) is 68.8 Å². The highest BCUT2D eigenvalue weighted by Crippen LogP contribution is 2.33. The zero-order chi connectivity index (χ0) is 29.0. The Labute approximate surface area is 254 Å². The Morgan fingerprint density at radius 3 is 2.80 bits per heavy atom. The lowest BCUT2D eigenvalue weighted by Crippen LogP contribution is -2.36. The average Bonchev–Trinajstić information content (AvgIpc) is 3.51. The zero-order valence-corrected chi connectivity index (χ0v) is 25.6. The number of thioether (sulfide) groups is 1. The normalized spacial score (nSPS) is 20.2. The van der Waals surface area contributed by atoms with Crippen molar-refractivity contribution in [1.29, 1.82) is 0 Å². The lowest BCUT2D eigenvalue weighted by molar-refractivity contribution is -0.121. The second kappa shape index (κ2) is 15.8. The molecule has 11 heteroatoms. The molecule has 0 aliphatic carbocycles. The molecule has 41 heavy (non-hydrogen) atoms. The summed E-state index contributed by atoms with van der Waals surface area (Å²) in [6.07, 6.45) is 8.22. The first-order valence-corrected chi connectivity index (χ1v) is 16.0. The Morgan fingerprint density at radius 2 is 2.02 bits per heavy atom. The molecule has 220 valence electrons. The average molecular weight is 645 g/mol.